The molecule has 1 fully saturated rings. The van der Waals surface area contributed by atoms with E-state index in [0.717, 1.165) is 19.5 Å². The summed E-state index contributed by atoms with van der Waals surface area (Å²) >= 11 is 0. The van der Waals surface area contributed by atoms with Crippen molar-refractivity contribution >= 4 is 6.03 Å². The van der Waals surface area contributed by atoms with Crippen LogP contribution in [-0.2, 0) is 0 Å². The van der Waals surface area contributed by atoms with Gasteiger partial charge in [0.25, 0.3) is 0 Å². The van der Waals surface area contributed by atoms with Crippen molar-refractivity contribution in [3.63, 3.8) is 0 Å². The van der Waals surface area contributed by atoms with Crippen LogP contribution in [0.15, 0.2) is 12.7 Å². The number of hydrogen-bond donors (Lipinski definition) is 1. The summed E-state index contributed by atoms with van der Waals surface area (Å²) in [5.41, 5.74) is 0. The molecular formula is C7H12N2O. The first-order valence-electron chi connectivity index (χ1n) is 3.48. The number of likely N-dealkylation sites (tertiary alicyclic amines) is 1. The second-order valence-corrected chi connectivity index (χ2v) is 2.32. The summed E-state index contributed by atoms with van der Waals surface area (Å²) in [6, 6.07) is 0.0335. The number of rotatable bonds is 2. The topological polar surface area (TPSA) is 32.3 Å². The van der Waals surface area contributed by atoms with Gasteiger partial charge in [0.05, 0.1) is 0 Å². The number of nitrogens with one attached hydrogen (secondary N) is 1. The molecule has 2 amide bonds. The van der Waals surface area contributed by atoms with Crippen LogP contribution in [0.5, 0.6) is 0 Å². The molecule has 0 aromatic rings. The SMILES string of the molecule is C=CCNC(=O)N1CCC1. The molecular weight excluding hydrogens is 128 g/mol. The second kappa shape index (κ2) is 3.25. The Morgan fingerprint density at radius 1 is 1.70 bits per heavy atom. The zero-order valence-corrected chi connectivity index (χ0v) is 5.97. The van der Waals surface area contributed by atoms with E-state index in [1.165, 1.54) is 0 Å². The molecule has 1 saturated heterocycles. The Hall–Kier alpha value is -0.990. The first kappa shape index (κ1) is 7.12. The normalized spacial score (nSPS) is 15.8. The molecule has 56 valence electrons. The Morgan fingerprint density at radius 3 is 2.80 bits per heavy atom. The van der Waals surface area contributed by atoms with E-state index >= 15 is 0 Å². The van der Waals surface area contributed by atoms with Gasteiger partial charge in [0.2, 0.25) is 0 Å². The van der Waals surface area contributed by atoms with E-state index in [1.54, 1.807) is 11.0 Å². The highest BCUT2D eigenvalue weighted by atomic mass is 16.2. The van der Waals surface area contributed by atoms with Gasteiger partial charge in [-0.3, -0.25) is 0 Å². The molecule has 0 spiro atoms. The van der Waals surface area contributed by atoms with E-state index in [4.69, 9.17) is 0 Å². The Bertz CT molecular complexity index is 141. The van der Waals surface area contributed by atoms with Crippen molar-refractivity contribution in [2.45, 2.75) is 6.42 Å². The third-order valence-corrected chi connectivity index (χ3v) is 1.54. The fourth-order valence-electron chi connectivity index (χ4n) is 0.791. The molecule has 0 aliphatic carbocycles. The standard InChI is InChI=1S/C7H12N2O/c1-2-4-8-7(10)9-5-3-6-9/h2H,1,3-6H2,(H,8,10). The maximum absolute atomic E-state index is 11.0. The molecule has 0 atom stereocenters. The van der Waals surface area contributed by atoms with E-state index in [1.807, 2.05) is 0 Å². The molecule has 3 nitrogen and oxygen atoms in total. The Kier molecular flexibility index (Phi) is 2.31. The van der Waals surface area contributed by atoms with Crippen LogP contribution in [-0.4, -0.2) is 30.6 Å². The van der Waals surface area contributed by atoms with Gasteiger partial charge in [-0.15, -0.1) is 6.58 Å². The fourth-order valence-corrected chi connectivity index (χ4v) is 0.791. The van der Waals surface area contributed by atoms with Crippen LogP contribution in [0.1, 0.15) is 6.42 Å². The molecule has 10 heavy (non-hydrogen) atoms. The van der Waals surface area contributed by atoms with Gasteiger partial charge in [0.1, 0.15) is 0 Å². The van der Waals surface area contributed by atoms with Gasteiger partial charge in [-0.25, -0.2) is 4.79 Å². The van der Waals surface area contributed by atoms with Crippen molar-refractivity contribution in [3.05, 3.63) is 12.7 Å². The molecule has 1 heterocycles. The summed E-state index contributed by atoms with van der Waals surface area (Å²) < 4.78 is 0. The summed E-state index contributed by atoms with van der Waals surface area (Å²) in [7, 11) is 0. The molecule has 0 aromatic heterocycles. The van der Waals surface area contributed by atoms with Crippen LogP contribution < -0.4 is 5.32 Å². The molecule has 0 radical (unpaired) electrons. The summed E-state index contributed by atoms with van der Waals surface area (Å²) in [6.45, 7) is 5.88. The first-order valence-corrected chi connectivity index (χ1v) is 3.48. The molecule has 3 heteroatoms. The highest BCUT2D eigenvalue weighted by molar-refractivity contribution is 5.74. The molecule has 0 bridgehead atoms. The maximum atomic E-state index is 11.0. The van der Waals surface area contributed by atoms with Crippen molar-refractivity contribution in [2.24, 2.45) is 0 Å². The monoisotopic (exact) mass is 140 g/mol. The van der Waals surface area contributed by atoms with E-state index in [2.05, 4.69) is 11.9 Å². The van der Waals surface area contributed by atoms with Gasteiger partial charge in [0.15, 0.2) is 0 Å². The minimum absolute atomic E-state index is 0.0335. The zero-order chi connectivity index (χ0) is 7.40. The average Bonchev–Trinajstić information content (AvgIpc) is 1.79. The number of hydrogen-bond acceptors (Lipinski definition) is 1. The minimum Gasteiger partial charge on any atom is -0.335 e. The number of nitrogens with zero attached hydrogens (tertiary/aromatic N) is 1. The van der Waals surface area contributed by atoms with E-state index < -0.39 is 0 Å². The van der Waals surface area contributed by atoms with Crippen LogP contribution in [0.25, 0.3) is 0 Å². The molecule has 1 aliphatic heterocycles. The molecule has 0 unspecified atom stereocenters. The van der Waals surface area contributed by atoms with Crippen LogP contribution in [0.2, 0.25) is 0 Å². The predicted molar refractivity (Wildman–Crippen MR) is 39.8 cm³/mol. The van der Waals surface area contributed by atoms with Crippen molar-refractivity contribution in [2.75, 3.05) is 19.6 Å². The lowest BCUT2D eigenvalue weighted by molar-refractivity contribution is 0.168. The molecule has 0 aromatic carbocycles. The van der Waals surface area contributed by atoms with E-state index in [-0.39, 0.29) is 6.03 Å². The summed E-state index contributed by atoms with van der Waals surface area (Å²) in [5.74, 6) is 0. The number of urea groups is 1. The van der Waals surface area contributed by atoms with Crippen LogP contribution in [0.4, 0.5) is 4.79 Å². The average molecular weight is 140 g/mol. The van der Waals surface area contributed by atoms with Gasteiger partial charge in [-0.05, 0) is 6.42 Å². The van der Waals surface area contributed by atoms with Gasteiger partial charge in [-0.2, -0.15) is 0 Å². The molecule has 1 N–H and O–H groups in total. The predicted octanol–water partition coefficient (Wildman–Crippen LogP) is 0.588. The van der Waals surface area contributed by atoms with Gasteiger partial charge in [-0.1, -0.05) is 6.08 Å². The quantitative estimate of drug-likeness (QED) is 0.559. The number of carbonyl (C=O) groups excluding carboxylic acids is 1. The Balaban J connectivity index is 2.13. The fraction of sp³-hybridized carbons (Fsp3) is 0.571. The highest BCUT2D eigenvalue weighted by Crippen LogP contribution is 2.04. The van der Waals surface area contributed by atoms with E-state index in [9.17, 15) is 4.79 Å². The van der Waals surface area contributed by atoms with Gasteiger partial charge in [0, 0.05) is 19.6 Å². The first-order chi connectivity index (χ1) is 4.84. The molecule has 0 saturated carbocycles. The molecule has 1 aliphatic rings. The largest absolute Gasteiger partial charge is 0.335 e. The Labute approximate surface area is 60.7 Å². The van der Waals surface area contributed by atoms with Crippen LogP contribution >= 0.6 is 0 Å². The summed E-state index contributed by atoms with van der Waals surface area (Å²) in [6.07, 6.45) is 2.82. The van der Waals surface area contributed by atoms with Crippen LogP contribution in [0, 0.1) is 0 Å². The van der Waals surface area contributed by atoms with E-state index in [0.29, 0.717) is 6.54 Å². The summed E-state index contributed by atoms with van der Waals surface area (Å²) in [4.78, 5) is 12.7. The number of carbonyl (C=O) groups is 1. The lowest BCUT2D eigenvalue weighted by Crippen LogP contribution is -2.47. The third kappa shape index (κ3) is 1.50. The lowest BCUT2D eigenvalue weighted by atomic mass is 10.2. The van der Waals surface area contributed by atoms with Crippen LogP contribution in [0.3, 0.4) is 0 Å². The van der Waals surface area contributed by atoms with Crippen molar-refractivity contribution in [1.82, 2.24) is 10.2 Å². The lowest BCUT2D eigenvalue weighted by Gasteiger charge is -2.30. The van der Waals surface area contributed by atoms with Crippen molar-refractivity contribution < 1.29 is 4.79 Å². The Morgan fingerprint density at radius 2 is 2.40 bits per heavy atom. The highest BCUT2D eigenvalue weighted by Gasteiger charge is 2.18. The van der Waals surface area contributed by atoms with Gasteiger partial charge < -0.3 is 10.2 Å². The molecule has 1 rings (SSSR count). The van der Waals surface area contributed by atoms with Crippen molar-refractivity contribution in [3.8, 4) is 0 Å². The second-order valence-electron chi connectivity index (χ2n) is 2.32. The van der Waals surface area contributed by atoms with Crippen molar-refractivity contribution in [1.29, 1.82) is 0 Å². The summed E-state index contributed by atoms with van der Waals surface area (Å²) in [5, 5.41) is 2.70. The smallest absolute Gasteiger partial charge is 0.317 e. The zero-order valence-electron chi connectivity index (χ0n) is 5.97. The maximum Gasteiger partial charge on any atom is 0.317 e. The minimum atomic E-state index is 0.0335. The number of amides is 2. The van der Waals surface area contributed by atoms with Gasteiger partial charge >= 0.3 is 6.03 Å². The third-order valence-electron chi connectivity index (χ3n) is 1.54.